The molecule has 2 aromatic rings. The van der Waals surface area contributed by atoms with Gasteiger partial charge in [-0.3, -0.25) is 0 Å². The molecule has 1 atom stereocenters. The Bertz CT molecular complexity index is 563. The summed E-state index contributed by atoms with van der Waals surface area (Å²) in [6, 6.07) is 14.0. The van der Waals surface area contributed by atoms with E-state index in [1.54, 1.807) is 0 Å². The molecule has 0 radical (unpaired) electrons. The summed E-state index contributed by atoms with van der Waals surface area (Å²) in [4.78, 5) is 0. The summed E-state index contributed by atoms with van der Waals surface area (Å²) in [5.41, 5.74) is 9.04. The normalized spacial score (nSPS) is 12.2. The first-order valence-electron chi connectivity index (χ1n) is 6.75. The van der Waals surface area contributed by atoms with Crippen molar-refractivity contribution in [2.75, 3.05) is 5.73 Å². The van der Waals surface area contributed by atoms with Crippen molar-refractivity contribution in [3.63, 3.8) is 0 Å². The van der Waals surface area contributed by atoms with Gasteiger partial charge >= 0.3 is 0 Å². The second-order valence-electron chi connectivity index (χ2n) is 4.94. The minimum absolute atomic E-state index is 0.474. The fraction of sp³-hybridized carbons (Fsp3) is 0.294. The summed E-state index contributed by atoms with van der Waals surface area (Å²) in [6.07, 6.45) is 1.09. The highest BCUT2D eigenvalue weighted by atomic mass is 16.5. The molecule has 0 aliphatic rings. The van der Waals surface area contributed by atoms with E-state index in [0.29, 0.717) is 11.6 Å². The van der Waals surface area contributed by atoms with Crippen molar-refractivity contribution in [3.05, 3.63) is 53.6 Å². The zero-order chi connectivity index (χ0) is 13.8. The lowest BCUT2D eigenvalue weighted by Crippen LogP contribution is -1.99. The lowest BCUT2D eigenvalue weighted by atomic mass is 9.98. The Hall–Kier alpha value is -1.96. The van der Waals surface area contributed by atoms with Gasteiger partial charge in [-0.1, -0.05) is 44.2 Å². The zero-order valence-corrected chi connectivity index (χ0v) is 11.8. The van der Waals surface area contributed by atoms with Gasteiger partial charge in [0, 0.05) is 0 Å². The van der Waals surface area contributed by atoms with Crippen LogP contribution in [0, 0.1) is 6.92 Å². The number of benzene rings is 2. The van der Waals surface area contributed by atoms with Crippen molar-refractivity contribution in [1.82, 2.24) is 0 Å². The van der Waals surface area contributed by atoms with Crippen LogP contribution in [-0.4, -0.2) is 0 Å². The molecule has 2 rings (SSSR count). The maximum Gasteiger partial charge on any atom is 0.150 e. The van der Waals surface area contributed by atoms with Crippen LogP contribution in [0.3, 0.4) is 0 Å². The van der Waals surface area contributed by atoms with Crippen LogP contribution in [0.15, 0.2) is 42.5 Å². The predicted octanol–water partition coefficient (Wildman–Crippen LogP) is 4.88. The molecule has 0 aliphatic heterocycles. The van der Waals surface area contributed by atoms with E-state index in [0.717, 1.165) is 23.5 Å². The van der Waals surface area contributed by atoms with E-state index >= 15 is 0 Å². The minimum atomic E-state index is 0.474. The summed E-state index contributed by atoms with van der Waals surface area (Å²) in [7, 11) is 0. The summed E-state index contributed by atoms with van der Waals surface area (Å²) in [5, 5.41) is 0. The zero-order valence-electron chi connectivity index (χ0n) is 11.8. The van der Waals surface area contributed by atoms with Crippen LogP contribution >= 0.6 is 0 Å². The SMILES string of the molecule is CCC(C)c1ccccc1Oc1cccc(C)c1N. The number of anilines is 1. The highest BCUT2D eigenvalue weighted by molar-refractivity contribution is 5.59. The second kappa shape index (κ2) is 5.79. The number of rotatable bonds is 4. The lowest BCUT2D eigenvalue weighted by Gasteiger charge is -2.16. The monoisotopic (exact) mass is 255 g/mol. The molecule has 2 N–H and O–H groups in total. The van der Waals surface area contributed by atoms with Crippen LogP contribution in [0.2, 0.25) is 0 Å². The van der Waals surface area contributed by atoms with Crippen LogP contribution in [0.4, 0.5) is 5.69 Å². The third kappa shape index (κ3) is 2.90. The number of nitrogens with two attached hydrogens (primary N) is 1. The van der Waals surface area contributed by atoms with Crippen LogP contribution in [0.5, 0.6) is 11.5 Å². The van der Waals surface area contributed by atoms with Gasteiger partial charge < -0.3 is 10.5 Å². The Kier molecular flexibility index (Phi) is 4.10. The Balaban J connectivity index is 2.36. The van der Waals surface area contributed by atoms with Crippen molar-refractivity contribution in [2.45, 2.75) is 33.1 Å². The number of aryl methyl sites for hydroxylation is 1. The second-order valence-corrected chi connectivity index (χ2v) is 4.94. The van der Waals surface area contributed by atoms with E-state index in [1.165, 1.54) is 5.56 Å². The molecule has 0 spiro atoms. The molecule has 0 fully saturated rings. The number of hydrogen-bond donors (Lipinski definition) is 1. The third-order valence-electron chi connectivity index (χ3n) is 3.57. The van der Waals surface area contributed by atoms with Crippen molar-refractivity contribution >= 4 is 5.69 Å². The molecule has 0 saturated heterocycles. The molecule has 19 heavy (non-hydrogen) atoms. The van der Waals surface area contributed by atoms with E-state index < -0.39 is 0 Å². The summed E-state index contributed by atoms with van der Waals surface area (Å²) < 4.78 is 6.02. The predicted molar refractivity (Wildman–Crippen MR) is 80.8 cm³/mol. The molecule has 0 saturated carbocycles. The van der Waals surface area contributed by atoms with Gasteiger partial charge in [-0.2, -0.15) is 0 Å². The van der Waals surface area contributed by atoms with Crippen molar-refractivity contribution < 1.29 is 4.74 Å². The highest BCUT2D eigenvalue weighted by Gasteiger charge is 2.11. The van der Waals surface area contributed by atoms with Crippen LogP contribution < -0.4 is 10.5 Å². The molecule has 2 heteroatoms. The first kappa shape index (κ1) is 13.5. The number of nitrogen functional groups attached to an aromatic ring is 1. The molecule has 0 bridgehead atoms. The van der Waals surface area contributed by atoms with Gasteiger partial charge in [-0.15, -0.1) is 0 Å². The average Bonchev–Trinajstić information content (AvgIpc) is 2.43. The molecule has 2 aromatic carbocycles. The largest absolute Gasteiger partial charge is 0.455 e. The molecule has 2 nitrogen and oxygen atoms in total. The number of hydrogen-bond acceptors (Lipinski definition) is 2. The van der Waals surface area contributed by atoms with Gasteiger partial charge in [0.25, 0.3) is 0 Å². The van der Waals surface area contributed by atoms with Crippen LogP contribution in [0.1, 0.15) is 37.3 Å². The molecular weight excluding hydrogens is 234 g/mol. The first-order valence-corrected chi connectivity index (χ1v) is 6.75. The maximum atomic E-state index is 6.06. The van der Waals surface area contributed by atoms with Gasteiger partial charge in [-0.05, 0) is 42.5 Å². The highest BCUT2D eigenvalue weighted by Crippen LogP contribution is 2.35. The van der Waals surface area contributed by atoms with Crippen molar-refractivity contribution in [1.29, 1.82) is 0 Å². The van der Waals surface area contributed by atoms with E-state index in [2.05, 4.69) is 19.9 Å². The first-order chi connectivity index (χ1) is 9.13. The number of ether oxygens (including phenoxy) is 1. The van der Waals surface area contributed by atoms with E-state index in [4.69, 9.17) is 10.5 Å². The molecule has 1 unspecified atom stereocenters. The van der Waals surface area contributed by atoms with Crippen LogP contribution in [-0.2, 0) is 0 Å². The number of para-hydroxylation sites is 2. The minimum Gasteiger partial charge on any atom is -0.455 e. The van der Waals surface area contributed by atoms with E-state index in [1.807, 2.05) is 43.3 Å². The fourth-order valence-electron chi connectivity index (χ4n) is 2.06. The smallest absolute Gasteiger partial charge is 0.150 e. The Morgan fingerprint density at radius 1 is 1.05 bits per heavy atom. The Labute approximate surface area is 115 Å². The molecule has 0 aromatic heterocycles. The standard InChI is InChI=1S/C17H21NO/c1-4-12(2)14-9-5-6-10-15(14)19-16-11-7-8-13(3)17(16)18/h5-12H,4,18H2,1-3H3. The van der Waals surface area contributed by atoms with Crippen molar-refractivity contribution in [3.8, 4) is 11.5 Å². The maximum absolute atomic E-state index is 6.06. The van der Waals surface area contributed by atoms with Gasteiger partial charge in [0.15, 0.2) is 5.75 Å². The molecule has 100 valence electrons. The summed E-state index contributed by atoms with van der Waals surface area (Å²) >= 11 is 0. The van der Waals surface area contributed by atoms with Gasteiger partial charge in [-0.25, -0.2) is 0 Å². The topological polar surface area (TPSA) is 35.2 Å². The molecule has 0 aliphatic carbocycles. The summed E-state index contributed by atoms with van der Waals surface area (Å²) in [5.74, 6) is 2.10. The van der Waals surface area contributed by atoms with Gasteiger partial charge in [0.2, 0.25) is 0 Å². The Morgan fingerprint density at radius 3 is 2.47 bits per heavy atom. The van der Waals surface area contributed by atoms with Gasteiger partial charge in [0.1, 0.15) is 5.75 Å². The van der Waals surface area contributed by atoms with E-state index in [9.17, 15) is 0 Å². The fourth-order valence-corrected chi connectivity index (χ4v) is 2.06. The average molecular weight is 255 g/mol. The molecular formula is C17H21NO. The quantitative estimate of drug-likeness (QED) is 0.790. The van der Waals surface area contributed by atoms with Crippen LogP contribution in [0.25, 0.3) is 0 Å². The van der Waals surface area contributed by atoms with E-state index in [-0.39, 0.29) is 0 Å². The Morgan fingerprint density at radius 2 is 1.74 bits per heavy atom. The van der Waals surface area contributed by atoms with Crippen molar-refractivity contribution in [2.24, 2.45) is 0 Å². The van der Waals surface area contributed by atoms with Gasteiger partial charge in [0.05, 0.1) is 5.69 Å². The summed E-state index contributed by atoms with van der Waals surface area (Å²) in [6.45, 7) is 6.38. The lowest BCUT2D eigenvalue weighted by molar-refractivity contribution is 0.472. The molecule has 0 amide bonds. The molecule has 0 heterocycles. The third-order valence-corrected chi connectivity index (χ3v) is 3.57.